The zero-order valence-electron chi connectivity index (χ0n) is 12.4. The fraction of sp³-hybridized carbons (Fsp3) is 0.429. The Labute approximate surface area is 142 Å². The van der Waals surface area contributed by atoms with Crippen molar-refractivity contribution in [2.24, 2.45) is 0 Å². The van der Waals surface area contributed by atoms with E-state index in [2.05, 4.69) is 21.2 Å². The Kier molecular flexibility index (Phi) is 5.64. The molecule has 0 spiro atoms. The van der Waals surface area contributed by atoms with Crippen LogP contribution in [0.1, 0.15) is 16.8 Å². The minimum absolute atomic E-state index is 0.0460. The predicted octanol–water partition coefficient (Wildman–Crippen LogP) is 0.952. The molecule has 0 bridgehead atoms. The second kappa shape index (κ2) is 7.31. The van der Waals surface area contributed by atoms with Crippen LogP contribution < -0.4 is 14.8 Å². The quantitative estimate of drug-likeness (QED) is 0.707. The standard InChI is InChI=1S/C14H16BrNO6S/c1-21-12-5-11(15)9(6-17)4-13(12)22-7-14(18)16-10-2-3-23(19,20)8-10/h4-6,10H,2-3,7-8H2,1H3,(H,16,18)/t10-/m1/s1. The number of rotatable bonds is 6. The summed E-state index contributed by atoms with van der Waals surface area (Å²) in [6.07, 6.45) is 1.06. The second-order valence-electron chi connectivity index (χ2n) is 5.10. The van der Waals surface area contributed by atoms with E-state index in [9.17, 15) is 18.0 Å². The topological polar surface area (TPSA) is 98.8 Å². The van der Waals surface area contributed by atoms with Gasteiger partial charge in [-0.05, 0) is 34.5 Å². The molecule has 1 aliphatic heterocycles. The minimum atomic E-state index is -3.05. The first-order valence-electron chi connectivity index (χ1n) is 6.80. The van der Waals surface area contributed by atoms with E-state index >= 15 is 0 Å². The van der Waals surface area contributed by atoms with Crippen LogP contribution in [0.3, 0.4) is 0 Å². The van der Waals surface area contributed by atoms with Gasteiger partial charge in [-0.15, -0.1) is 0 Å². The van der Waals surface area contributed by atoms with Crippen LogP contribution in [-0.4, -0.2) is 51.9 Å². The van der Waals surface area contributed by atoms with E-state index in [0.29, 0.717) is 28.5 Å². The van der Waals surface area contributed by atoms with Gasteiger partial charge in [0.25, 0.3) is 5.91 Å². The van der Waals surface area contributed by atoms with E-state index in [-0.39, 0.29) is 29.9 Å². The Hall–Kier alpha value is -1.61. The molecule has 0 saturated carbocycles. The molecule has 23 heavy (non-hydrogen) atoms. The minimum Gasteiger partial charge on any atom is -0.493 e. The maximum absolute atomic E-state index is 11.9. The highest BCUT2D eigenvalue weighted by molar-refractivity contribution is 9.10. The lowest BCUT2D eigenvalue weighted by atomic mass is 10.2. The number of amides is 1. The third-order valence-electron chi connectivity index (χ3n) is 3.37. The summed E-state index contributed by atoms with van der Waals surface area (Å²) in [4.78, 5) is 22.8. The van der Waals surface area contributed by atoms with E-state index in [0.717, 1.165) is 0 Å². The molecule has 1 heterocycles. The summed E-state index contributed by atoms with van der Waals surface area (Å²) < 4.78 is 33.8. The molecule has 1 aromatic carbocycles. The smallest absolute Gasteiger partial charge is 0.258 e. The van der Waals surface area contributed by atoms with E-state index in [1.54, 1.807) is 6.07 Å². The van der Waals surface area contributed by atoms with Gasteiger partial charge in [0.15, 0.2) is 34.2 Å². The average molecular weight is 406 g/mol. The number of hydrogen-bond donors (Lipinski definition) is 1. The zero-order chi connectivity index (χ0) is 17.0. The van der Waals surface area contributed by atoms with Gasteiger partial charge in [0.05, 0.1) is 18.6 Å². The molecule has 1 aliphatic rings. The summed E-state index contributed by atoms with van der Waals surface area (Å²) in [6, 6.07) is 2.65. The van der Waals surface area contributed by atoms with Gasteiger partial charge in [0, 0.05) is 16.1 Å². The highest BCUT2D eigenvalue weighted by Gasteiger charge is 2.29. The lowest BCUT2D eigenvalue weighted by Gasteiger charge is -2.14. The number of benzene rings is 1. The summed E-state index contributed by atoms with van der Waals surface area (Å²) in [5.41, 5.74) is 0.364. The Bertz CT molecular complexity index is 718. The van der Waals surface area contributed by atoms with E-state index < -0.39 is 15.7 Å². The first-order chi connectivity index (χ1) is 10.8. The van der Waals surface area contributed by atoms with Crippen LogP contribution >= 0.6 is 15.9 Å². The molecule has 9 heteroatoms. The number of methoxy groups -OCH3 is 1. The van der Waals surface area contributed by atoms with Crippen molar-refractivity contribution >= 4 is 38.0 Å². The fourth-order valence-corrected chi connectivity index (χ4v) is 4.32. The van der Waals surface area contributed by atoms with Gasteiger partial charge in [0.1, 0.15) is 0 Å². The van der Waals surface area contributed by atoms with Crippen molar-refractivity contribution in [1.82, 2.24) is 5.32 Å². The molecule has 0 radical (unpaired) electrons. The molecule has 1 N–H and O–H groups in total. The molecule has 0 aliphatic carbocycles. The van der Waals surface area contributed by atoms with E-state index in [1.807, 2.05) is 0 Å². The number of hydrogen-bond acceptors (Lipinski definition) is 6. The number of aldehydes is 1. The molecule has 1 saturated heterocycles. The van der Waals surface area contributed by atoms with Gasteiger partial charge in [-0.25, -0.2) is 8.42 Å². The van der Waals surface area contributed by atoms with Crippen LogP contribution in [-0.2, 0) is 14.6 Å². The molecule has 126 valence electrons. The molecular weight excluding hydrogens is 390 g/mol. The van der Waals surface area contributed by atoms with Gasteiger partial charge in [-0.1, -0.05) is 0 Å². The van der Waals surface area contributed by atoms with Crippen molar-refractivity contribution in [2.45, 2.75) is 12.5 Å². The normalized spacial score (nSPS) is 19.1. The Morgan fingerprint density at radius 1 is 1.43 bits per heavy atom. The van der Waals surface area contributed by atoms with Crippen molar-refractivity contribution in [3.8, 4) is 11.5 Å². The van der Waals surface area contributed by atoms with Gasteiger partial charge in [-0.3, -0.25) is 9.59 Å². The Morgan fingerprint density at radius 2 is 2.17 bits per heavy atom. The summed E-state index contributed by atoms with van der Waals surface area (Å²) in [5, 5.41) is 2.62. The molecule has 1 amide bonds. The largest absolute Gasteiger partial charge is 0.493 e. The Balaban J connectivity index is 1.97. The maximum atomic E-state index is 11.9. The van der Waals surface area contributed by atoms with Crippen molar-refractivity contribution in [3.05, 3.63) is 22.2 Å². The molecule has 2 rings (SSSR count). The van der Waals surface area contributed by atoms with Crippen molar-refractivity contribution in [2.75, 3.05) is 25.2 Å². The molecule has 1 atom stereocenters. The van der Waals surface area contributed by atoms with Crippen molar-refractivity contribution < 1.29 is 27.5 Å². The fourth-order valence-electron chi connectivity index (χ4n) is 2.23. The van der Waals surface area contributed by atoms with Crippen molar-refractivity contribution in [3.63, 3.8) is 0 Å². The third-order valence-corrected chi connectivity index (χ3v) is 5.82. The van der Waals surface area contributed by atoms with Crippen LogP contribution in [0.25, 0.3) is 0 Å². The molecule has 1 fully saturated rings. The highest BCUT2D eigenvalue weighted by atomic mass is 79.9. The predicted molar refractivity (Wildman–Crippen MR) is 86.8 cm³/mol. The van der Waals surface area contributed by atoms with Crippen LogP contribution in [0, 0.1) is 0 Å². The first kappa shape index (κ1) is 17.7. The monoisotopic (exact) mass is 405 g/mol. The molecule has 7 nitrogen and oxygen atoms in total. The molecular formula is C14H16BrNO6S. The number of ether oxygens (including phenoxy) is 2. The average Bonchev–Trinajstić information content (AvgIpc) is 2.84. The lowest BCUT2D eigenvalue weighted by molar-refractivity contribution is -0.123. The van der Waals surface area contributed by atoms with Crippen molar-refractivity contribution in [1.29, 1.82) is 0 Å². The van der Waals surface area contributed by atoms with E-state index in [4.69, 9.17) is 9.47 Å². The zero-order valence-corrected chi connectivity index (χ0v) is 14.8. The van der Waals surface area contributed by atoms with Crippen LogP contribution in [0.4, 0.5) is 0 Å². The second-order valence-corrected chi connectivity index (χ2v) is 8.18. The Morgan fingerprint density at radius 3 is 2.74 bits per heavy atom. The SMILES string of the molecule is COc1cc(Br)c(C=O)cc1OCC(=O)N[C@@H]1CCS(=O)(=O)C1. The third kappa shape index (κ3) is 4.68. The number of carbonyl (C=O) groups is 2. The summed E-state index contributed by atoms with van der Waals surface area (Å²) >= 11 is 3.23. The van der Waals surface area contributed by atoms with Crippen LogP contribution in [0.5, 0.6) is 11.5 Å². The molecule has 1 aromatic rings. The number of carbonyl (C=O) groups excluding carboxylic acids is 2. The van der Waals surface area contributed by atoms with Gasteiger partial charge in [-0.2, -0.15) is 0 Å². The molecule has 0 unspecified atom stereocenters. The van der Waals surface area contributed by atoms with Gasteiger partial charge < -0.3 is 14.8 Å². The number of nitrogens with one attached hydrogen (secondary N) is 1. The van der Waals surface area contributed by atoms with Gasteiger partial charge >= 0.3 is 0 Å². The summed E-state index contributed by atoms with van der Waals surface area (Å²) in [7, 11) is -1.61. The first-order valence-corrected chi connectivity index (χ1v) is 9.41. The van der Waals surface area contributed by atoms with Crippen LogP contribution in [0.15, 0.2) is 16.6 Å². The lowest BCUT2D eigenvalue weighted by Crippen LogP contribution is -2.38. The summed E-state index contributed by atoms with van der Waals surface area (Å²) in [5.74, 6) is 0.243. The highest BCUT2D eigenvalue weighted by Crippen LogP contribution is 2.32. The van der Waals surface area contributed by atoms with Gasteiger partial charge in [0.2, 0.25) is 0 Å². The van der Waals surface area contributed by atoms with Crippen LogP contribution in [0.2, 0.25) is 0 Å². The van der Waals surface area contributed by atoms with E-state index in [1.165, 1.54) is 13.2 Å². The number of sulfone groups is 1. The molecule has 0 aromatic heterocycles. The summed E-state index contributed by atoms with van der Waals surface area (Å²) in [6.45, 7) is -0.299. The number of halogens is 1. The maximum Gasteiger partial charge on any atom is 0.258 e.